The van der Waals surface area contributed by atoms with E-state index in [0.717, 1.165) is 52.3 Å². The summed E-state index contributed by atoms with van der Waals surface area (Å²) in [7, 11) is 1.76. The number of hydrogen-bond acceptors (Lipinski definition) is 5. The monoisotopic (exact) mass is 309 g/mol. The van der Waals surface area contributed by atoms with Gasteiger partial charge in [-0.3, -0.25) is 9.58 Å². The molecule has 2 aliphatic heterocycles. The summed E-state index contributed by atoms with van der Waals surface area (Å²) in [5.74, 6) is 0. The van der Waals surface area contributed by atoms with Gasteiger partial charge in [0, 0.05) is 58.4 Å². The van der Waals surface area contributed by atoms with Crippen LogP contribution in [0.3, 0.4) is 0 Å². The quantitative estimate of drug-likeness (QED) is 0.675. The van der Waals surface area contributed by atoms with Crippen LogP contribution in [0.15, 0.2) is 18.5 Å². The number of ether oxygens (including phenoxy) is 3. The summed E-state index contributed by atoms with van der Waals surface area (Å²) in [6, 6.07) is 2.45. The van der Waals surface area contributed by atoms with Crippen LogP contribution in [0, 0.1) is 0 Å². The zero-order chi connectivity index (χ0) is 15.2. The number of fused-ring (bicyclic) bond motifs is 1. The maximum atomic E-state index is 6.13. The highest BCUT2D eigenvalue weighted by atomic mass is 16.5. The fourth-order valence-electron chi connectivity index (χ4n) is 3.51. The molecule has 0 radical (unpaired) electrons. The highest BCUT2D eigenvalue weighted by Gasteiger charge is 2.44. The van der Waals surface area contributed by atoms with Gasteiger partial charge in [0.25, 0.3) is 0 Å². The summed E-state index contributed by atoms with van der Waals surface area (Å²) in [4.78, 5) is 2.48. The summed E-state index contributed by atoms with van der Waals surface area (Å²) < 4.78 is 19.3. The Morgan fingerprint density at radius 1 is 1.32 bits per heavy atom. The first-order valence-corrected chi connectivity index (χ1v) is 8.32. The highest BCUT2D eigenvalue weighted by molar-refractivity contribution is 4.97. The molecule has 124 valence electrons. The number of aromatic nitrogens is 2. The predicted molar refractivity (Wildman–Crippen MR) is 82.8 cm³/mol. The molecule has 0 aliphatic carbocycles. The van der Waals surface area contributed by atoms with Crippen molar-refractivity contribution in [3.05, 3.63) is 18.5 Å². The summed E-state index contributed by atoms with van der Waals surface area (Å²) in [5, 5.41) is 4.21. The zero-order valence-electron chi connectivity index (χ0n) is 13.4. The maximum absolute atomic E-state index is 6.13. The van der Waals surface area contributed by atoms with E-state index in [9.17, 15) is 0 Å². The Kier molecular flexibility index (Phi) is 5.83. The van der Waals surface area contributed by atoms with Gasteiger partial charge in [-0.05, 0) is 25.3 Å². The van der Waals surface area contributed by atoms with E-state index < -0.39 is 0 Å². The predicted octanol–water partition coefficient (Wildman–Crippen LogP) is 1.17. The maximum Gasteiger partial charge on any atom is 0.100 e. The molecule has 6 heteroatoms. The lowest BCUT2D eigenvalue weighted by molar-refractivity contribution is -0.0781. The van der Waals surface area contributed by atoms with Crippen molar-refractivity contribution in [2.24, 2.45) is 0 Å². The van der Waals surface area contributed by atoms with Gasteiger partial charge in [-0.2, -0.15) is 5.10 Å². The Bertz CT molecular complexity index is 426. The largest absolute Gasteiger partial charge is 0.383 e. The Balaban J connectivity index is 1.45. The lowest BCUT2D eigenvalue weighted by Gasteiger charge is -2.32. The highest BCUT2D eigenvalue weighted by Crippen LogP contribution is 2.30. The van der Waals surface area contributed by atoms with Crippen LogP contribution in [0.1, 0.15) is 19.3 Å². The third-order valence-corrected chi connectivity index (χ3v) is 4.59. The number of likely N-dealkylation sites (tertiary alicyclic amines) is 1. The molecule has 22 heavy (non-hydrogen) atoms. The van der Waals surface area contributed by atoms with Crippen molar-refractivity contribution in [1.29, 1.82) is 0 Å². The smallest absolute Gasteiger partial charge is 0.100 e. The van der Waals surface area contributed by atoms with Gasteiger partial charge in [-0.15, -0.1) is 0 Å². The fraction of sp³-hybridized carbons (Fsp3) is 0.812. The topological polar surface area (TPSA) is 48.8 Å². The molecular weight excluding hydrogens is 282 g/mol. The minimum atomic E-state index is 0.194. The zero-order valence-corrected chi connectivity index (χ0v) is 13.4. The molecule has 3 heterocycles. The van der Waals surface area contributed by atoms with E-state index in [0.29, 0.717) is 6.04 Å². The molecule has 2 aliphatic rings. The van der Waals surface area contributed by atoms with Crippen molar-refractivity contribution in [3.8, 4) is 0 Å². The molecule has 1 aromatic heterocycles. The second-order valence-electron chi connectivity index (χ2n) is 6.06. The van der Waals surface area contributed by atoms with E-state index in [1.54, 1.807) is 7.11 Å². The Hall–Kier alpha value is -0.950. The molecule has 1 aromatic rings. The Labute approximate surface area is 132 Å². The van der Waals surface area contributed by atoms with E-state index in [-0.39, 0.29) is 12.2 Å². The second-order valence-corrected chi connectivity index (χ2v) is 6.06. The van der Waals surface area contributed by atoms with Gasteiger partial charge >= 0.3 is 0 Å². The summed E-state index contributed by atoms with van der Waals surface area (Å²) in [6.07, 6.45) is 7.57. The second kappa shape index (κ2) is 8.06. The van der Waals surface area contributed by atoms with E-state index in [2.05, 4.69) is 10.00 Å². The van der Waals surface area contributed by atoms with E-state index >= 15 is 0 Å². The van der Waals surface area contributed by atoms with Crippen molar-refractivity contribution in [3.63, 3.8) is 0 Å². The van der Waals surface area contributed by atoms with E-state index in [1.165, 1.54) is 6.42 Å². The minimum Gasteiger partial charge on any atom is -0.383 e. The van der Waals surface area contributed by atoms with Crippen molar-refractivity contribution < 1.29 is 14.2 Å². The first kappa shape index (κ1) is 15.9. The van der Waals surface area contributed by atoms with Crippen LogP contribution in [0.2, 0.25) is 0 Å². The van der Waals surface area contributed by atoms with E-state index in [1.807, 2.05) is 23.1 Å². The molecule has 3 atom stereocenters. The molecule has 2 saturated heterocycles. The number of hydrogen-bond donors (Lipinski definition) is 0. The van der Waals surface area contributed by atoms with Crippen molar-refractivity contribution >= 4 is 0 Å². The Morgan fingerprint density at radius 3 is 3.09 bits per heavy atom. The fourth-order valence-corrected chi connectivity index (χ4v) is 3.51. The van der Waals surface area contributed by atoms with Gasteiger partial charge in [0.2, 0.25) is 0 Å². The van der Waals surface area contributed by atoms with Crippen LogP contribution in [0.4, 0.5) is 0 Å². The first-order valence-electron chi connectivity index (χ1n) is 8.32. The molecule has 0 N–H and O–H groups in total. The Morgan fingerprint density at radius 2 is 2.27 bits per heavy atom. The van der Waals surface area contributed by atoms with Crippen molar-refractivity contribution in [2.45, 2.75) is 44.1 Å². The molecular formula is C16H27N3O3. The summed E-state index contributed by atoms with van der Waals surface area (Å²) in [6.45, 7) is 5.23. The van der Waals surface area contributed by atoms with Gasteiger partial charge in [-0.25, -0.2) is 0 Å². The number of nitrogens with zero attached hydrogens (tertiary/aromatic N) is 3. The average Bonchev–Trinajstić information content (AvgIpc) is 3.18. The van der Waals surface area contributed by atoms with Crippen LogP contribution in [0.25, 0.3) is 0 Å². The number of rotatable bonds is 8. The summed E-state index contributed by atoms with van der Waals surface area (Å²) >= 11 is 0. The van der Waals surface area contributed by atoms with Crippen LogP contribution in [-0.4, -0.2) is 73.0 Å². The normalized spacial score (nSPS) is 28.9. The van der Waals surface area contributed by atoms with Gasteiger partial charge < -0.3 is 14.2 Å². The summed E-state index contributed by atoms with van der Waals surface area (Å²) in [5.41, 5.74) is 0. The molecule has 0 bridgehead atoms. The van der Waals surface area contributed by atoms with Crippen molar-refractivity contribution in [2.75, 3.05) is 40.0 Å². The number of methoxy groups -OCH3 is 1. The molecule has 3 rings (SSSR count). The number of aryl methyl sites for hydroxylation is 1. The van der Waals surface area contributed by atoms with Crippen LogP contribution in [-0.2, 0) is 20.8 Å². The molecule has 2 fully saturated rings. The third kappa shape index (κ3) is 3.87. The standard InChI is InChI=1S/C16H27N3O3/c1-20-12-9-18-13-15(16-14(18)5-2-10-22-16)21-11-4-8-19-7-3-6-17-19/h3,6-7,14-16H,2,4-5,8-13H2,1H3/t14-,15+,16+/m0/s1. The van der Waals surface area contributed by atoms with Crippen LogP contribution in [0.5, 0.6) is 0 Å². The molecule has 0 amide bonds. The van der Waals surface area contributed by atoms with Crippen LogP contribution < -0.4 is 0 Å². The first-order chi connectivity index (χ1) is 10.9. The third-order valence-electron chi connectivity index (χ3n) is 4.59. The van der Waals surface area contributed by atoms with Crippen molar-refractivity contribution in [1.82, 2.24) is 14.7 Å². The molecule has 0 aromatic carbocycles. The SMILES string of the molecule is COCCN1C[C@@H](OCCCn2cccn2)[C@@H]2OCCC[C@@H]21. The molecule has 0 saturated carbocycles. The van der Waals surface area contributed by atoms with Crippen LogP contribution >= 0.6 is 0 Å². The molecule has 0 unspecified atom stereocenters. The average molecular weight is 309 g/mol. The van der Waals surface area contributed by atoms with Gasteiger partial charge in [-0.1, -0.05) is 0 Å². The van der Waals surface area contributed by atoms with Gasteiger partial charge in [0.05, 0.1) is 12.7 Å². The van der Waals surface area contributed by atoms with E-state index in [4.69, 9.17) is 14.2 Å². The molecule has 6 nitrogen and oxygen atoms in total. The molecule has 0 spiro atoms. The lowest BCUT2D eigenvalue weighted by atomic mass is 10.0. The van der Waals surface area contributed by atoms with Gasteiger partial charge in [0.15, 0.2) is 0 Å². The van der Waals surface area contributed by atoms with Gasteiger partial charge in [0.1, 0.15) is 6.10 Å². The lowest BCUT2D eigenvalue weighted by Crippen LogP contribution is -2.42. The minimum absolute atomic E-state index is 0.194.